The highest BCUT2D eigenvalue weighted by molar-refractivity contribution is 5.69. The first-order valence-electron chi connectivity index (χ1n) is 13.6. The Labute approximate surface area is 238 Å². The summed E-state index contributed by atoms with van der Waals surface area (Å²) in [6.45, 7) is 10.9. The van der Waals surface area contributed by atoms with Crippen LogP contribution in [0.25, 0.3) is 0 Å². The molecule has 1 aromatic heterocycles. The van der Waals surface area contributed by atoms with Crippen molar-refractivity contribution in [2.24, 2.45) is 0 Å². The monoisotopic (exact) mass is 574 g/mol. The van der Waals surface area contributed by atoms with Crippen molar-refractivity contribution in [2.45, 2.75) is 58.8 Å². The second-order valence-corrected chi connectivity index (χ2v) is 9.73. The zero-order valence-electron chi connectivity index (χ0n) is 24.9. The van der Waals surface area contributed by atoms with Crippen molar-refractivity contribution < 1.29 is 48.2 Å². The zero-order valence-corrected chi connectivity index (χ0v) is 24.9. The second kappa shape index (κ2) is 24.6. The molecule has 2 N–H and O–H groups in total. The number of aromatic nitrogens is 1. The van der Waals surface area contributed by atoms with Gasteiger partial charge in [-0.15, -0.1) is 0 Å². The van der Waals surface area contributed by atoms with E-state index < -0.39 is 5.60 Å². The quantitative estimate of drug-likeness (QED) is 0.118. The molecular formula is C28H50N2O10. The largest absolute Gasteiger partial charge is 0.492 e. The standard InChI is InChI=1S/C18H30N2O5.C10H20O5/c1-18(2,3)25-17(23)6-5-7-20(4)8-9-24-16-10-14(12-21)19-15(11-16)13-22;1-12-5-6-14-9-10-15-8-7-13-4-2-3-11/h10-11,21-22H,5-9,12-13H2,1-4H3;3H,2,4-10H2,1H3. The number of carbonyl (C=O) groups excluding carboxylic acids is 2. The van der Waals surface area contributed by atoms with E-state index in [1.54, 1.807) is 19.2 Å². The number of rotatable bonds is 22. The van der Waals surface area contributed by atoms with E-state index in [0.717, 1.165) is 19.3 Å². The number of methoxy groups -OCH3 is 1. The average Bonchev–Trinajstić information content (AvgIpc) is 2.91. The van der Waals surface area contributed by atoms with Gasteiger partial charge in [-0.3, -0.25) is 9.78 Å². The summed E-state index contributed by atoms with van der Waals surface area (Å²) in [6.07, 6.45) is 2.40. The van der Waals surface area contributed by atoms with Gasteiger partial charge in [0.2, 0.25) is 0 Å². The Morgan fingerprint density at radius 2 is 1.45 bits per heavy atom. The van der Waals surface area contributed by atoms with Crippen molar-refractivity contribution in [2.75, 3.05) is 80.1 Å². The van der Waals surface area contributed by atoms with Crippen molar-refractivity contribution in [1.82, 2.24) is 9.88 Å². The van der Waals surface area contributed by atoms with Crippen LogP contribution >= 0.6 is 0 Å². The average molecular weight is 575 g/mol. The topological polar surface area (TPSA) is 146 Å². The number of carbonyl (C=O) groups is 2. The van der Waals surface area contributed by atoms with Gasteiger partial charge < -0.3 is 48.3 Å². The van der Waals surface area contributed by atoms with Crippen LogP contribution in [0.2, 0.25) is 0 Å². The Balaban J connectivity index is 0.000000868. The van der Waals surface area contributed by atoms with E-state index in [9.17, 15) is 9.59 Å². The van der Waals surface area contributed by atoms with E-state index in [4.69, 9.17) is 38.6 Å². The fraction of sp³-hybridized carbons (Fsp3) is 0.750. The molecule has 0 aliphatic carbocycles. The molecular weight excluding hydrogens is 524 g/mol. The van der Waals surface area contributed by atoms with Gasteiger partial charge in [0.25, 0.3) is 0 Å². The molecule has 40 heavy (non-hydrogen) atoms. The lowest BCUT2D eigenvalue weighted by molar-refractivity contribution is -0.155. The van der Waals surface area contributed by atoms with Crippen LogP contribution in [-0.2, 0) is 46.5 Å². The number of nitrogens with zero attached hydrogens (tertiary/aromatic N) is 2. The number of hydrogen-bond acceptors (Lipinski definition) is 12. The van der Waals surface area contributed by atoms with Gasteiger partial charge in [0, 0.05) is 38.6 Å². The van der Waals surface area contributed by atoms with E-state index in [-0.39, 0.29) is 19.2 Å². The molecule has 0 aromatic carbocycles. The summed E-state index contributed by atoms with van der Waals surface area (Å²) in [5, 5.41) is 18.3. The van der Waals surface area contributed by atoms with Gasteiger partial charge in [-0.1, -0.05) is 0 Å². The molecule has 0 saturated heterocycles. The maximum atomic E-state index is 11.6. The van der Waals surface area contributed by atoms with Crippen LogP contribution in [0.5, 0.6) is 5.75 Å². The smallest absolute Gasteiger partial charge is 0.306 e. The molecule has 232 valence electrons. The molecule has 1 heterocycles. The van der Waals surface area contributed by atoms with Gasteiger partial charge in [0.15, 0.2) is 0 Å². The number of pyridine rings is 1. The minimum Gasteiger partial charge on any atom is -0.492 e. The maximum Gasteiger partial charge on any atom is 0.306 e. The number of aldehydes is 1. The van der Waals surface area contributed by atoms with Gasteiger partial charge >= 0.3 is 5.97 Å². The fourth-order valence-electron chi connectivity index (χ4n) is 3.00. The molecule has 0 unspecified atom stereocenters. The lowest BCUT2D eigenvalue weighted by Gasteiger charge is -2.20. The number of ether oxygens (including phenoxy) is 6. The minimum atomic E-state index is -0.442. The molecule has 12 heteroatoms. The Kier molecular flexibility index (Phi) is 23.2. The van der Waals surface area contributed by atoms with Crippen LogP contribution in [0, 0.1) is 0 Å². The summed E-state index contributed by atoms with van der Waals surface area (Å²) in [6, 6.07) is 3.31. The van der Waals surface area contributed by atoms with Crippen LogP contribution < -0.4 is 4.74 Å². The number of esters is 1. The summed E-state index contributed by atoms with van der Waals surface area (Å²) in [7, 11) is 3.60. The Morgan fingerprint density at radius 1 is 0.900 bits per heavy atom. The lowest BCUT2D eigenvalue weighted by atomic mass is 10.2. The first-order valence-corrected chi connectivity index (χ1v) is 13.6. The lowest BCUT2D eigenvalue weighted by Crippen LogP contribution is -2.27. The van der Waals surface area contributed by atoms with Crippen molar-refractivity contribution in [3.8, 4) is 5.75 Å². The van der Waals surface area contributed by atoms with E-state index >= 15 is 0 Å². The fourth-order valence-corrected chi connectivity index (χ4v) is 3.00. The highest BCUT2D eigenvalue weighted by atomic mass is 16.6. The van der Waals surface area contributed by atoms with Gasteiger partial charge in [-0.2, -0.15) is 0 Å². The highest BCUT2D eigenvalue weighted by Gasteiger charge is 2.15. The van der Waals surface area contributed by atoms with Gasteiger partial charge in [-0.25, -0.2) is 0 Å². The van der Waals surface area contributed by atoms with Crippen LogP contribution in [0.4, 0.5) is 0 Å². The van der Waals surface area contributed by atoms with Crippen LogP contribution in [0.1, 0.15) is 51.4 Å². The van der Waals surface area contributed by atoms with Crippen molar-refractivity contribution in [3.05, 3.63) is 23.5 Å². The highest BCUT2D eigenvalue weighted by Crippen LogP contribution is 2.15. The number of hydrogen-bond donors (Lipinski definition) is 2. The minimum absolute atomic E-state index is 0.179. The summed E-state index contributed by atoms with van der Waals surface area (Å²) in [5.41, 5.74) is 0.488. The van der Waals surface area contributed by atoms with Crippen LogP contribution in [0.15, 0.2) is 12.1 Å². The molecule has 0 spiro atoms. The van der Waals surface area contributed by atoms with Crippen molar-refractivity contribution >= 4 is 12.3 Å². The third kappa shape index (κ3) is 23.7. The molecule has 0 saturated carbocycles. The summed E-state index contributed by atoms with van der Waals surface area (Å²) in [5.74, 6) is 0.396. The van der Waals surface area contributed by atoms with Gasteiger partial charge in [0.1, 0.15) is 24.2 Å². The molecule has 0 atom stereocenters. The Morgan fingerprint density at radius 3 is 1.95 bits per heavy atom. The van der Waals surface area contributed by atoms with Crippen molar-refractivity contribution in [1.29, 1.82) is 0 Å². The predicted octanol–water partition coefficient (Wildman–Crippen LogP) is 1.77. The van der Waals surface area contributed by atoms with Crippen LogP contribution in [0.3, 0.4) is 0 Å². The maximum absolute atomic E-state index is 11.6. The second-order valence-electron chi connectivity index (χ2n) is 9.73. The first kappa shape index (κ1) is 37.8. The molecule has 12 nitrogen and oxygen atoms in total. The van der Waals surface area contributed by atoms with E-state index in [2.05, 4.69) is 9.88 Å². The molecule has 0 fully saturated rings. The first-order chi connectivity index (χ1) is 19.1. The third-order valence-electron chi connectivity index (χ3n) is 4.87. The molecule has 0 aliphatic rings. The predicted molar refractivity (Wildman–Crippen MR) is 149 cm³/mol. The zero-order chi connectivity index (χ0) is 30.1. The van der Waals surface area contributed by atoms with Gasteiger partial charge in [-0.05, 0) is 40.8 Å². The van der Waals surface area contributed by atoms with E-state index in [0.29, 0.717) is 89.4 Å². The molecule has 0 amide bonds. The molecule has 0 radical (unpaired) electrons. The normalized spacial score (nSPS) is 11.2. The molecule has 0 bridgehead atoms. The summed E-state index contributed by atoms with van der Waals surface area (Å²) >= 11 is 0. The molecule has 1 rings (SSSR count). The third-order valence-corrected chi connectivity index (χ3v) is 4.87. The molecule has 1 aromatic rings. The summed E-state index contributed by atoms with van der Waals surface area (Å²) in [4.78, 5) is 27.7. The van der Waals surface area contributed by atoms with Gasteiger partial charge in [0.05, 0.1) is 70.8 Å². The number of aliphatic hydroxyl groups excluding tert-OH is 2. The van der Waals surface area contributed by atoms with E-state index in [1.165, 1.54) is 0 Å². The van der Waals surface area contributed by atoms with Crippen molar-refractivity contribution in [3.63, 3.8) is 0 Å². The number of aliphatic hydroxyl groups is 2. The summed E-state index contributed by atoms with van der Waals surface area (Å²) < 4.78 is 31.2. The molecule has 0 aliphatic heterocycles. The number of likely N-dealkylation sites (N-methyl/N-ethyl adjacent to an activating group) is 1. The van der Waals surface area contributed by atoms with Crippen LogP contribution in [-0.4, -0.2) is 118 Å². The van der Waals surface area contributed by atoms with E-state index in [1.807, 2.05) is 27.8 Å². The Bertz CT molecular complexity index is 752. The SMILES string of the molecule is CN(CCCC(=O)OC(C)(C)C)CCOc1cc(CO)nc(CO)c1.COCCOCCOCCOCCC=O. The Hall–Kier alpha value is -2.19.